The predicted molar refractivity (Wildman–Crippen MR) is 59.1 cm³/mol. The SMILES string of the molecule is Cc1ccn(CC(CBr)C(C)C)n1. The van der Waals surface area contributed by atoms with Crippen molar-refractivity contribution in [2.24, 2.45) is 11.8 Å². The number of hydrogen-bond acceptors (Lipinski definition) is 1. The smallest absolute Gasteiger partial charge is 0.0593 e. The molecule has 0 fully saturated rings. The first-order valence-electron chi connectivity index (χ1n) is 4.69. The lowest BCUT2D eigenvalue weighted by Gasteiger charge is -2.17. The van der Waals surface area contributed by atoms with E-state index in [-0.39, 0.29) is 0 Å². The highest BCUT2D eigenvalue weighted by Gasteiger charge is 2.12. The number of alkyl halides is 1. The van der Waals surface area contributed by atoms with Gasteiger partial charge in [0.25, 0.3) is 0 Å². The van der Waals surface area contributed by atoms with Crippen LogP contribution in [0.1, 0.15) is 19.5 Å². The van der Waals surface area contributed by atoms with Crippen LogP contribution in [-0.4, -0.2) is 15.1 Å². The molecule has 1 heterocycles. The molecule has 3 heteroatoms. The van der Waals surface area contributed by atoms with Crippen molar-refractivity contribution >= 4 is 15.9 Å². The predicted octanol–water partition coefficient (Wildman–Crippen LogP) is 2.86. The van der Waals surface area contributed by atoms with E-state index in [1.165, 1.54) is 0 Å². The number of rotatable bonds is 4. The van der Waals surface area contributed by atoms with Crippen LogP contribution in [-0.2, 0) is 6.54 Å². The molecule has 0 radical (unpaired) electrons. The van der Waals surface area contributed by atoms with Crippen LogP contribution in [0.15, 0.2) is 12.3 Å². The second-order valence-corrected chi connectivity index (χ2v) is 4.49. The Balaban J connectivity index is 2.56. The highest BCUT2D eigenvalue weighted by atomic mass is 79.9. The summed E-state index contributed by atoms with van der Waals surface area (Å²) in [6.45, 7) is 7.54. The molecular formula is C10H17BrN2. The number of aromatic nitrogens is 2. The van der Waals surface area contributed by atoms with Crippen LogP contribution in [0.5, 0.6) is 0 Å². The van der Waals surface area contributed by atoms with E-state index in [9.17, 15) is 0 Å². The molecule has 1 rings (SSSR count). The van der Waals surface area contributed by atoms with Crippen molar-refractivity contribution in [3.8, 4) is 0 Å². The van der Waals surface area contributed by atoms with Crippen LogP contribution in [0.4, 0.5) is 0 Å². The molecule has 0 aliphatic heterocycles. The quantitative estimate of drug-likeness (QED) is 0.746. The molecule has 2 nitrogen and oxygen atoms in total. The molecule has 0 aliphatic rings. The summed E-state index contributed by atoms with van der Waals surface area (Å²) in [5.74, 6) is 1.36. The first-order chi connectivity index (χ1) is 6.13. The molecule has 1 aromatic rings. The minimum absolute atomic E-state index is 0.666. The molecule has 1 atom stereocenters. The Labute approximate surface area is 88.5 Å². The molecule has 0 amide bonds. The number of aryl methyl sites for hydroxylation is 1. The van der Waals surface area contributed by atoms with Gasteiger partial charge in [-0.25, -0.2) is 0 Å². The average Bonchev–Trinajstić information content (AvgIpc) is 2.46. The van der Waals surface area contributed by atoms with Gasteiger partial charge in [0, 0.05) is 18.1 Å². The van der Waals surface area contributed by atoms with Gasteiger partial charge in [0.15, 0.2) is 0 Å². The van der Waals surface area contributed by atoms with Crippen LogP contribution < -0.4 is 0 Å². The summed E-state index contributed by atoms with van der Waals surface area (Å²) in [5.41, 5.74) is 1.09. The van der Waals surface area contributed by atoms with Gasteiger partial charge in [0.2, 0.25) is 0 Å². The average molecular weight is 245 g/mol. The van der Waals surface area contributed by atoms with Crippen LogP contribution >= 0.6 is 15.9 Å². The third-order valence-corrected chi connectivity index (χ3v) is 3.17. The molecule has 74 valence electrons. The van der Waals surface area contributed by atoms with Crippen molar-refractivity contribution < 1.29 is 0 Å². The topological polar surface area (TPSA) is 17.8 Å². The van der Waals surface area contributed by atoms with Crippen LogP contribution in [0.3, 0.4) is 0 Å². The van der Waals surface area contributed by atoms with Gasteiger partial charge in [-0.2, -0.15) is 5.10 Å². The van der Waals surface area contributed by atoms with E-state index < -0.39 is 0 Å². The Kier molecular flexibility index (Phi) is 3.97. The standard InChI is InChI=1S/C10H17BrN2/c1-8(2)10(6-11)7-13-5-4-9(3)12-13/h4-5,8,10H,6-7H2,1-3H3. The fourth-order valence-corrected chi connectivity index (χ4v) is 2.20. The van der Waals surface area contributed by atoms with Crippen LogP contribution in [0.2, 0.25) is 0 Å². The van der Waals surface area contributed by atoms with Crippen molar-refractivity contribution in [3.63, 3.8) is 0 Å². The fraction of sp³-hybridized carbons (Fsp3) is 0.700. The zero-order valence-corrected chi connectivity index (χ0v) is 10.1. The van der Waals surface area contributed by atoms with Crippen molar-refractivity contribution in [3.05, 3.63) is 18.0 Å². The zero-order chi connectivity index (χ0) is 9.84. The summed E-state index contributed by atoms with van der Waals surface area (Å²) in [6.07, 6.45) is 2.05. The molecule has 0 aliphatic carbocycles. The highest BCUT2D eigenvalue weighted by molar-refractivity contribution is 9.09. The summed E-state index contributed by atoms with van der Waals surface area (Å²) in [6, 6.07) is 2.05. The van der Waals surface area contributed by atoms with Crippen molar-refractivity contribution in [1.29, 1.82) is 0 Å². The third-order valence-electron chi connectivity index (χ3n) is 2.34. The van der Waals surface area contributed by atoms with Crippen LogP contribution in [0, 0.1) is 18.8 Å². The summed E-state index contributed by atoms with van der Waals surface area (Å²) in [5, 5.41) is 5.42. The zero-order valence-electron chi connectivity index (χ0n) is 8.50. The highest BCUT2D eigenvalue weighted by Crippen LogP contribution is 2.15. The van der Waals surface area contributed by atoms with Gasteiger partial charge in [0.1, 0.15) is 0 Å². The Morgan fingerprint density at radius 3 is 2.62 bits per heavy atom. The number of halogens is 1. The molecule has 0 aromatic carbocycles. The van der Waals surface area contributed by atoms with Gasteiger partial charge in [-0.05, 0) is 24.8 Å². The minimum Gasteiger partial charge on any atom is -0.272 e. The molecule has 13 heavy (non-hydrogen) atoms. The van der Waals surface area contributed by atoms with E-state index in [4.69, 9.17) is 0 Å². The summed E-state index contributed by atoms with van der Waals surface area (Å²) < 4.78 is 2.03. The van der Waals surface area contributed by atoms with Gasteiger partial charge < -0.3 is 0 Å². The molecule has 0 saturated heterocycles. The molecule has 1 unspecified atom stereocenters. The largest absolute Gasteiger partial charge is 0.272 e. The van der Waals surface area contributed by atoms with Crippen molar-refractivity contribution in [2.75, 3.05) is 5.33 Å². The van der Waals surface area contributed by atoms with Gasteiger partial charge in [-0.3, -0.25) is 4.68 Å². The van der Waals surface area contributed by atoms with Gasteiger partial charge >= 0.3 is 0 Å². The molecule has 0 bridgehead atoms. The molecule has 0 spiro atoms. The fourth-order valence-electron chi connectivity index (χ4n) is 1.24. The maximum Gasteiger partial charge on any atom is 0.0593 e. The lowest BCUT2D eigenvalue weighted by Crippen LogP contribution is -2.18. The second kappa shape index (κ2) is 4.80. The van der Waals surface area contributed by atoms with Crippen molar-refractivity contribution in [2.45, 2.75) is 27.3 Å². The van der Waals surface area contributed by atoms with E-state index >= 15 is 0 Å². The number of nitrogens with zero attached hydrogens (tertiary/aromatic N) is 2. The lowest BCUT2D eigenvalue weighted by atomic mass is 9.98. The lowest BCUT2D eigenvalue weighted by molar-refractivity contribution is 0.356. The van der Waals surface area contributed by atoms with Crippen LogP contribution in [0.25, 0.3) is 0 Å². The maximum absolute atomic E-state index is 4.38. The maximum atomic E-state index is 4.38. The minimum atomic E-state index is 0.666. The van der Waals surface area contributed by atoms with E-state index in [0.717, 1.165) is 17.6 Å². The normalized spacial score (nSPS) is 13.6. The molecule has 0 saturated carbocycles. The monoisotopic (exact) mass is 244 g/mol. The van der Waals surface area contributed by atoms with E-state index in [0.29, 0.717) is 11.8 Å². The summed E-state index contributed by atoms with van der Waals surface area (Å²) in [4.78, 5) is 0. The second-order valence-electron chi connectivity index (χ2n) is 3.84. The molecular weight excluding hydrogens is 228 g/mol. The summed E-state index contributed by atoms with van der Waals surface area (Å²) >= 11 is 3.54. The van der Waals surface area contributed by atoms with E-state index in [1.807, 2.05) is 23.9 Å². The Morgan fingerprint density at radius 1 is 1.54 bits per heavy atom. The third kappa shape index (κ3) is 3.14. The first-order valence-corrected chi connectivity index (χ1v) is 5.81. The Hall–Kier alpha value is -0.310. The van der Waals surface area contributed by atoms with E-state index in [2.05, 4.69) is 34.9 Å². The molecule has 0 N–H and O–H groups in total. The Morgan fingerprint density at radius 2 is 2.23 bits per heavy atom. The van der Waals surface area contributed by atoms with Gasteiger partial charge in [0.05, 0.1) is 5.69 Å². The van der Waals surface area contributed by atoms with Gasteiger partial charge in [-0.15, -0.1) is 0 Å². The van der Waals surface area contributed by atoms with E-state index in [1.54, 1.807) is 0 Å². The van der Waals surface area contributed by atoms with Crippen molar-refractivity contribution in [1.82, 2.24) is 9.78 Å². The Bertz CT molecular complexity index is 255. The molecule has 1 aromatic heterocycles. The van der Waals surface area contributed by atoms with Gasteiger partial charge in [-0.1, -0.05) is 29.8 Å². The first kappa shape index (κ1) is 10.8. The number of hydrogen-bond donors (Lipinski definition) is 0. The summed E-state index contributed by atoms with van der Waals surface area (Å²) in [7, 11) is 0.